The second-order valence-corrected chi connectivity index (χ2v) is 6.57. The van der Waals surface area contributed by atoms with Gasteiger partial charge in [-0.1, -0.05) is 0 Å². The zero-order valence-corrected chi connectivity index (χ0v) is 14.6. The molecule has 2 aromatic carbocycles. The maximum atomic E-state index is 12.9. The van der Waals surface area contributed by atoms with Gasteiger partial charge in [0.2, 0.25) is 0 Å². The van der Waals surface area contributed by atoms with E-state index in [4.69, 9.17) is 0 Å². The summed E-state index contributed by atoms with van der Waals surface area (Å²) in [5.41, 5.74) is -3.52. The number of rotatable bonds is 4. The molecule has 1 aliphatic carbocycles. The predicted octanol–water partition coefficient (Wildman–Crippen LogP) is 4.87. The SMILES string of the molecule is O=C(Nc1ccc(C(=O)NC2CC2)cc1)c1cc(C(F)(F)F)cc(C(F)(F)F)c1. The van der Waals surface area contributed by atoms with E-state index in [1.165, 1.54) is 24.3 Å². The fourth-order valence-electron chi connectivity index (χ4n) is 2.49. The first-order valence-electron chi connectivity index (χ1n) is 8.45. The van der Waals surface area contributed by atoms with E-state index in [9.17, 15) is 35.9 Å². The molecule has 0 atom stereocenters. The highest BCUT2D eigenvalue weighted by atomic mass is 19.4. The zero-order chi connectivity index (χ0) is 21.4. The molecule has 10 heteroatoms. The number of alkyl halides is 6. The van der Waals surface area contributed by atoms with Crippen LogP contribution in [-0.2, 0) is 12.4 Å². The van der Waals surface area contributed by atoms with Gasteiger partial charge >= 0.3 is 12.4 Å². The molecule has 3 rings (SSSR count). The second kappa shape index (κ2) is 7.41. The van der Waals surface area contributed by atoms with Crippen LogP contribution in [-0.4, -0.2) is 17.9 Å². The minimum absolute atomic E-state index is 0.0515. The van der Waals surface area contributed by atoms with Gasteiger partial charge in [0.25, 0.3) is 11.8 Å². The van der Waals surface area contributed by atoms with Crippen molar-refractivity contribution in [3.8, 4) is 0 Å². The van der Waals surface area contributed by atoms with Crippen molar-refractivity contribution < 1.29 is 35.9 Å². The third-order valence-corrected chi connectivity index (χ3v) is 4.17. The molecule has 0 aromatic heterocycles. The summed E-state index contributed by atoms with van der Waals surface area (Å²) in [6.07, 6.45) is -8.30. The molecule has 2 aromatic rings. The highest BCUT2D eigenvalue weighted by molar-refractivity contribution is 6.05. The molecular weight excluding hydrogens is 402 g/mol. The average Bonchev–Trinajstić information content (AvgIpc) is 3.44. The van der Waals surface area contributed by atoms with Crippen LogP contribution < -0.4 is 10.6 Å². The molecular formula is C19H14F6N2O2. The fourth-order valence-corrected chi connectivity index (χ4v) is 2.49. The summed E-state index contributed by atoms with van der Waals surface area (Å²) in [4.78, 5) is 24.1. The van der Waals surface area contributed by atoms with Gasteiger partial charge in [-0.15, -0.1) is 0 Å². The van der Waals surface area contributed by atoms with E-state index in [1.807, 2.05) is 0 Å². The molecule has 0 saturated heterocycles. The van der Waals surface area contributed by atoms with Gasteiger partial charge in [0.15, 0.2) is 0 Å². The molecule has 0 spiro atoms. The molecule has 1 aliphatic rings. The lowest BCUT2D eigenvalue weighted by molar-refractivity contribution is -0.143. The van der Waals surface area contributed by atoms with Gasteiger partial charge in [-0.05, 0) is 55.3 Å². The summed E-state index contributed by atoms with van der Waals surface area (Å²) in [6, 6.07) is 6.23. The molecule has 0 aliphatic heterocycles. The lowest BCUT2D eigenvalue weighted by Gasteiger charge is -2.14. The number of carbonyl (C=O) groups excluding carboxylic acids is 2. The van der Waals surface area contributed by atoms with Crippen LogP contribution in [0.2, 0.25) is 0 Å². The maximum absolute atomic E-state index is 12.9. The quantitative estimate of drug-likeness (QED) is 0.699. The number of nitrogens with one attached hydrogen (secondary N) is 2. The minimum atomic E-state index is -5.05. The normalized spacial score (nSPS) is 14.4. The second-order valence-electron chi connectivity index (χ2n) is 6.57. The molecule has 0 bridgehead atoms. The minimum Gasteiger partial charge on any atom is -0.349 e. The van der Waals surface area contributed by atoms with E-state index in [0.717, 1.165) is 12.8 Å². The molecule has 4 nitrogen and oxygen atoms in total. The maximum Gasteiger partial charge on any atom is 0.416 e. The van der Waals surface area contributed by atoms with Gasteiger partial charge in [-0.3, -0.25) is 9.59 Å². The number of carbonyl (C=O) groups is 2. The summed E-state index contributed by atoms with van der Waals surface area (Å²) >= 11 is 0. The van der Waals surface area contributed by atoms with Crippen molar-refractivity contribution in [3.63, 3.8) is 0 Å². The Morgan fingerprint density at radius 2 is 1.28 bits per heavy atom. The molecule has 1 fully saturated rings. The Bertz CT molecular complexity index is 899. The molecule has 0 radical (unpaired) electrons. The summed E-state index contributed by atoms with van der Waals surface area (Å²) < 4.78 is 77.4. The number of halogens is 6. The molecule has 2 N–H and O–H groups in total. The lowest BCUT2D eigenvalue weighted by atomic mass is 10.0. The van der Waals surface area contributed by atoms with E-state index < -0.39 is 35.0 Å². The Morgan fingerprint density at radius 3 is 1.72 bits per heavy atom. The molecule has 0 heterocycles. The Balaban J connectivity index is 1.80. The van der Waals surface area contributed by atoms with Gasteiger partial charge in [-0.2, -0.15) is 26.3 Å². The first-order chi connectivity index (χ1) is 13.4. The highest BCUT2D eigenvalue weighted by Gasteiger charge is 2.37. The van der Waals surface area contributed by atoms with Crippen LogP contribution in [0.5, 0.6) is 0 Å². The number of hydrogen-bond donors (Lipinski definition) is 2. The monoisotopic (exact) mass is 416 g/mol. The van der Waals surface area contributed by atoms with E-state index in [-0.39, 0.29) is 23.7 Å². The third kappa shape index (κ3) is 5.27. The Kier molecular flexibility index (Phi) is 5.29. The molecule has 2 amide bonds. The van der Waals surface area contributed by atoms with Crippen LogP contribution in [0.25, 0.3) is 0 Å². The number of anilines is 1. The standard InChI is InChI=1S/C19H14F6N2O2/c20-18(21,22)12-7-11(8-13(9-12)19(23,24)25)17(29)27-14-3-1-10(2-4-14)16(28)26-15-5-6-15/h1-4,7-9,15H,5-6H2,(H,26,28)(H,27,29). The zero-order valence-electron chi connectivity index (χ0n) is 14.6. The van der Waals surface area contributed by atoms with Crippen LogP contribution in [0.1, 0.15) is 44.7 Å². The summed E-state index contributed by atoms with van der Waals surface area (Å²) in [5.74, 6) is -1.45. The Labute approximate surface area is 160 Å². The molecule has 29 heavy (non-hydrogen) atoms. The van der Waals surface area contributed by atoms with E-state index >= 15 is 0 Å². The van der Waals surface area contributed by atoms with Crippen LogP contribution in [0.15, 0.2) is 42.5 Å². The van der Waals surface area contributed by atoms with Crippen molar-refractivity contribution in [2.45, 2.75) is 31.2 Å². The van der Waals surface area contributed by atoms with Gasteiger partial charge in [0.05, 0.1) is 11.1 Å². The topological polar surface area (TPSA) is 58.2 Å². The first kappa shape index (κ1) is 20.7. The Morgan fingerprint density at radius 1 is 0.759 bits per heavy atom. The average molecular weight is 416 g/mol. The number of benzene rings is 2. The van der Waals surface area contributed by atoms with Crippen molar-refractivity contribution in [1.82, 2.24) is 5.32 Å². The van der Waals surface area contributed by atoms with Gasteiger partial charge in [0.1, 0.15) is 0 Å². The molecule has 1 saturated carbocycles. The van der Waals surface area contributed by atoms with Crippen molar-refractivity contribution in [3.05, 3.63) is 64.7 Å². The molecule has 154 valence electrons. The summed E-state index contributed by atoms with van der Waals surface area (Å²) in [6.45, 7) is 0. The van der Waals surface area contributed by atoms with Crippen LogP contribution in [0, 0.1) is 0 Å². The van der Waals surface area contributed by atoms with Crippen molar-refractivity contribution in [2.24, 2.45) is 0 Å². The highest BCUT2D eigenvalue weighted by Crippen LogP contribution is 2.36. The predicted molar refractivity (Wildman–Crippen MR) is 91.3 cm³/mol. The van der Waals surface area contributed by atoms with Gasteiger partial charge in [0, 0.05) is 22.9 Å². The van der Waals surface area contributed by atoms with Crippen LogP contribution in [0.4, 0.5) is 32.0 Å². The van der Waals surface area contributed by atoms with Crippen LogP contribution in [0.3, 0.4) is 0 Å². The largest absolute Gasteiger partial charge is 0.416 e. The third-order valence-electron chi connectivity index (χ3n) is 4.17. The van der Waals surface area contributed by atoms with Crippen LogP contribution >= 0.6 is 0 Å². The first-order valence-corrected chi connectivity index (χ1v) is 8.45. The van der Waals surface area contributed by atoms with E-state index in [0.29, 0.717) is 17.7 Å². The number of hydrogen-bond acceptors (Lipinski definition) is 2. The molecule has 0 unspecified atom stereocenters. The van der Waals surface area contributed by atoms with Crippen molar-refractivity contribution in [1.29, 1.82) is 0 Å². The fraction of sp³-hybridized carbons (Fsp3) is 0.263. The van der Waals surface area contributed by atoms with Gasteiger partial charge < -0.3 is 10.6 Å². The van der Waals surface area contributed by atoms with Gasteiger partial charge in [-0.25, -0.2) is 0 Å². The Hall–Kier alpha value is -3.04. The van der Waals surface area contributed by atoms with Crippen molar-refractivity contribution >= 4 is 17.5 Å². The smallest absolute Gasteiger partial charge is 0.349 e. The summed E-state index contributed by atoms with van der Waals surface area (Å²) in [5, 5.41) is 4.99. The van der Waals surface area contributed by atoms with Crippen molar-refractivity contribution in [2.75, 3.05) is 5.32 Å². The number of amides is 2. The summed E-state index contributed by atoms with van der Waals surface area (Å²) in [7, 11) is 0. The van der Waals surface area contributed by atoms with E-state index in [2.05, 4.69) is 10.6 Å². The lowest BCUT2D eigenvalue weighted by Crippen LogP contribution is -2.25. The van der Waals surface area contributed by atoms with E-state index in [1.54, 1.807) is 0 Å².